The SMILES string of the molecule is CCCCCCCCCCCC(Cl)(Cc1ccccc1)C(O)O. The quantitative estimate of drug-likeness (QED) is 0.285. The molecular weight excluding hydrogens is 308 g/mol. The van der Waals surface area contributed by atoms with Crippen molar-refractivity contribution in [2.24, 2.45) is 0 Å². The molecule has 0 saturated heterocycles. The summed E-state index contributed by atoms with van der Waals surface area (Å²) < 4.78 is 0. The summed E-state index contributed by atoms with van der Waals surface area (Å²) in [6, 6.07) is 9.82. The van der Waals surface area contributed by atoms with Crippen molar-refractivity contribution < 1.29 is 10.2 Å². The topological polar surface area (TPSA) is 40.5 Å². The predicted octanol–water partition coefficient (Wildman–Crippen LogP) is 5.44. The zero-order valence-electron chi connectivity index (χ0n) is 14.5. The van der Waals surface area contributed by atoms with Gasteiger partial charge < -0.3 is 10.2 Å². The van der Waals surface area contributed by atoms with E-state index in [4.69, 9.17) is 11.6 Å². The molecule has 132 valence electrons. The van der Waals surface area contributed by atoms with E-state index in [2.05, 4.69) is 6.92 Å². The van der Waals surface area contributed by atoms with Gasteiger partial charge >= 0.3 is 0 Å². The Morgan fingerprint density at radius 1 is 0.870 bits per heavy atom. The smallest absolute Gasteiger partial charge is 0.171 e. The van der Waals surface area contributed by atoms with E-state index in [1.807, 2.05) is 30.3 Å². The maximum absolute atomic E-state index is 9.68. The van der Waals surface area contributed by atoms with Crippen LogP contribution in [0.15, 0.2) is 30.3 Å². The second kappa shape index (κ2) is 11.9. The first kappa shape index (κ1) is 20.5. The molecule has 23 heavy (non-hydrogen) atoms. The van der Waals surface area contributed by atoms with Gasteiger partial charge in [0.1, 0.15) is 0 Å². The van der Waals surface area contributed by atoms with Gasteiger partial charge in [0.15, 0.2) is 6.29 Å². The summed E-state index contributed by atoms with van der Waals surface area (Å²) >= 11 is 6.51. The zero-order chi connectivity index (χ0) is 17.0. The highest BCUT2D eigenvalue weighted by atomic mass is 35.5. The van der Waals surface area contributed by atoms with Gasteiger partial charge in [-0.15, -0.1) is 11.6 Å². The number of hydrogen-bond acceptors (Lipinski definition) is 2. The Labute approximate surface area is 146 Å². The number of unbranched alkanes of at least 4 members (excludes halogenated alkanes) is 8. The Bertz CT molecular complexity index is 394. The molecule has 0 saturated carbocycles. The first-order chi connectivity index (χ1) is 11.1. The van der Waals surface area contributed by atoms with Crippen molar-refractivity contribution in [2.45, 2.75) is 88.7 Å². The average molecular weight is 341 g/mol. The van der Waals surface area contributed by atoms with Crippen molar-refractivity contribution in [3.8, 4) is 0 Å². The molecule has 0 aromatic heterocycles. The highest BCUT2D eigenvalue weighted by Crippen LogP contribution is 2.30. The fraction of sp³-hybridized carbons (Fsp3) is 0.700. The van der Waals surface area contributed by atoms with Gasteiger partial charge in [-0.2, -0.15) is 0 Å². The Balaban J connectivity index is 2.23. The summed E-state index contributed by atoms with van der Waals surface area (Å²) in [7, 11) is 0. The van der Waals surface area contributed by atoms with Gasteiger partial charge in [-0.3, -0.25) is 0 Å². The highest BCUT2D eigenvalue weighted by molar-refractivity contribution is 6.24. The van der Waals surface area contributed by atoms with Crippen LogP contribution >= 0.6 is 11.6 Å². The summed E-state index contributed by atoms with van der Waals surface area (Å²) in [6.07, 6.45) is 10.9. The minimum atomic E-state index is -1.49. The third-order valence-corrected chi connectivity index (χ3v) is 5.02. The second-order valence-corrected chi connectivity index (χ2v) is 7.40. The molecule has 0 aliphatic carbocycles. The van der Waals surface area contributed by atoms with Crippen LogP contribution in [0.2, 0.25) is 0 Å². The molecular formula is C20H33ClO2. The zero-order valence-corrected chi connectivity index (χ0v) is 15.3. The third-order valence-electron chi connectivity index (χ3n) is 4.50. The van der Waals surface area contributed by atoms with E-state index in [-0.39, 0.29) is 0 Å². The van der Waals surface area contributed by atoms with E-state index in [1.54, 1.807) is 0 Å². The van der Waals surface area contributed by atoms with Crippen molar-refractivity contribution in [3.05, 3.63) is 35.9 Å². The van der Waals surface area contributed by atoms with E-state index in [1.165, 1.54) is 44.9 Å². The molecule has 0 fully saturated rings. The Kier molecular flexibility index (Phi) is 10.6. The predicted molar refractivity (Wildman–Crippen MR) is 98.8 cm³/mol. The lowest BCUT2D eigenvalue weighted by Crippen LogP contribution is -2.39. The Morgan fingerprint density at radius 3 is 1.91 bits per heavy atom. The summed E-state index contributed by atoms with van der Waals surface area (Å²) in [6.45, 7) is 2.24. The van der Waals surface area contributed by atoms with Gasteiger partial charge in [0.25, 0.3) is 0 Å². The summed E-state index contributed by atoms with van der Waals surface area (Å²) in [5, 5.41) is 19.4. The largest absolute Gasteiger partial charge is 0.367 e. The van der Waals surface area contributed by atoms with E-state index in [0.29, 0.717) is 12.8 Å². The van der Waals surface area contributed by atoms with Gasteiger partial charge in [0, 0.05) is 0 Å². The summed E-state index contributed by atoms with van der Waals surface area (Å²) in [4.78, 5) is -0.970. The number of hydrogen-bond donors (Lipinski definition) is 2. The molecule has 2 nitrogen and oxygen atoms in total. The number of rotatable bonds is 13. The monoisotopic (exact) mass is 340 g/mol. The fourth-order valence-electron chi connectivity index (χ4n) is 2.97. The van der Waals surface area contributed by atoms with Crippen LogP contribution in [-0.2, 0) is 6.42 Å². The normalized spacial score (nSPS) is 14.1. The Hall–Kier alpha value is -0.570. The Morgan fingerprint density at radius 2 is 1.39 bits per heavy atom. The van der Waals surface area contributed by atoms with Crippen molar-refractivity contribution in [1.29, 1.82) is 0 Å². The van der Waals surface area contributed by atoms with Crippen LogP contribution in [0.3, 0.4) is 0 Å². The molecule has 1 aromatic rings. The molecule has 1 aromatic carbocycles. The van der Waals surface area contributed by atoms with Crippen LogP contribution in [0.25, 0.3) is 0 Å². The van der Waals surface area contributed by atoms with Crippen molar-refractivity contribution >= 4 is 11.6 Å². The molecule has 0 radical (unpaired) electrons. The van der Waals surface area contributed by atoms with Crippen LogP contribution in [-0.4, -0.2) is 21.4 Å². The second-order valence-electron chi connectivity index (χ2n) is 6.65. The number of aliphatic hydroxyl groups is 2. The average Bonchev–Trinajstić information content (AvgIpc) is 2.54. The molecule has 0 aliphatic heterocycles. The van der Waals surface area contributed by atoms with Gasteiger partial charge in [0.2, 0.25) is 0 Å². The lowest BCUT2D eigenvalue weighted by molar-refractivity contribution is -0.0744. The van der Waals surface area contributed by atoms with Crippen molar-refractivity contribution in [2.75, 3.05) is 0 Å². The lowest BCUT2D eigenvalue weighted by atomic mass is 9.92. The molecule has 0 heterocycles. The maximum Gasteiger partial charge on any atom is 0.171 e. The summed E-state index contributed by atoms with van der Waals surface area (Å²) in [5.74, 6) is 0. The molecule has 0 spiro atoms. The number of alkyl halides is 1. The minimum Gasteiger partial charge on any atom is -0.367 e. The number of halogens is 1. The maximum atomic E-state index is 9.68. The molecule has 0 amide bonds. The van der Waals surface area contributed by atoms with Crippen molar-refractivity contribution in [3.63, 3.8) is 0 Å². The van der Waals surface area contributed by atoms with Crippen LogP contribution in [0.4, 0.5) is 0 Å². The fourth-order valence-corrected chi connectivity index (χ4v) is 3.26. The lowest BCUT2D eigenvalue weighted by Gasteiger charge is -2.29. The first-order valence-electron chi connectivity index (χ1n) is 9.17. The van der Waals surface area contributed by atoms with Gasteiger partial charge in [0.05, 0.1) is 4.87 Å². The molecule has 1 unspecified atom stereocenters. The number of aliphatic hydroxyl groups excluding tert-OH is 1. The van der Waals surface area contributed by atoms with Crippen LogP contribution in [0, 0.1) is 0 Å². The molecule has 0 bridgehead atoms. The highest BCUT2D eigenvalue weighted by Gasteiger charge is 2.34. The molecule has 3 heteroatoms. The third kappa shape index (κ3) is 8.74. The molecule has 2 N–H and O–H groups in total. The van der Waals surface area contributed by atoms with E-state index >= 15 is 0 Å². The molecule has 1 rings (SSSR count). The van der Waals surface area contributed by atoms with Crippen molar-refractivity contribution in [1.82, 2.24) is 0 Å². The van der Waals surface area contributed by atoms with E-state index < -0.39 is 11.2 Å². The standard InChI is InChI=1S/C20H33ClO2/c1-2-3-4-5-6-7-8-9-13-16-20(21,19(22)23)17-18-14-11-10-12-15-18/h10-12,14-15,19,22-23H,2-9,13,16-17H2,1H3. The summed E-state index contributed by atoms with van der Waals surface area (Å²) in [5.41, 5.74) is 1.05. The number of benzene rings is 1. The van der Waals surface area contributed by atoms with E-state index in [0.717, 1.165) is 18.4 Å². The first-order valence-corrected chi connectivity index (χ1v) is 9.55. The van der Waals surface area contributed by atoms with E-state index in [9.17, 15) is 10.2 Å². The van der Waals surface area contributed by atoms with Gasteiger partial charge in [-0.05, 0) is 18.4 Å². The van der Waals surface area contributed by atoms with Crippen LogP contribution in [0.1, 0.15) is 76.7 Å². The van der Waals surface area contributed by atoms with Crippen LogP contribution in [0.5, 0.6) is 0 Å². The van der Waals surface area contributed by atoms with Crippen LogP contribution < -0.4 is 0 Å². The van der Waals surface area contributed by atoms with Gasteiger partial charge in [-0.1, -0.05) is 95.0 Å². The molecule has 0 aliphatic rings. The molecule has 1 atom stereocenters. The van der Waals surface area contributed by atoms with Gasteiger partial charge in [-0.25, -0.2) is 0 Å². The minimum absolute atomic E-state index is 0.490.